The van der Waals surface area contributed by atoms with Crippen molar-refractivity contribution in [2.75, 3.05) is 6.61 Å². The Morgan fingerprint density at radius 3 is 2.92 bits per heavy atom. The molecular formula is C10H16O2. The van der Waals surface area contributed by atoms with E-state index in [1.54, 1.807) is 0 Å². The lowest BCUT2D eigenvalue weighted by Crippen LogP contribution is -2.33. The van der Waals surface area contributed by atoms with Crippen molar-refractivity contribution >= 4 is 5.97 Å². The minimum Gasteiger partial charge on any atom is -0.465 e. The van der Waals surface area contributed by atoms with E-state index in [2.05, 4.69) is 12.2 Å². The molecule has 0 bridgehead atoms. The summed E-state index contributed by atoms with van der Waals surface area (Å²) in [6, 6.07) is 0. The van der Waals surface area contributed by atoms with Gasteiger partial charge in [0.2, 0.25) is 0 Å². The molecule has 1 atom stereocenters. The number of rotatable bonds is 0. The molecule has 0 aromatic heterocycles. The van der Waals surface area contributed by atoms with Gasteiger partial charge < -0.3 is 4.74 Å². The first kappa shape index (κ1) is 9.30. The van der Waals surface area contributed by atoms with Crippen molar-refractivity contribution in [1.82, 2.24) is 0 Å². The summed E-state index contributed by atoms with van der Waals surface area (Å²) in [6.45, 7) is 6.42. The molecule has 0 aromatic carbocycles. The molecule has 0 N–H and O–H groups in total. The van der Waals surface area contributed by atoms with E-state index in [-0.39, 0.29) is 17.3 Å². The lowest BCUT2D eigenvalue weighted by molar-refractivity contribution is -0.156. The van der Waals surface area contributed by atoms with Crippen LogP contribution in [0.2, 0.25) is 0 Å². The van der Waals surface area contributed by atoms with E-state index in [1.165, 1.54) is 0 Å². The average molecular weight is 168 g/mol. The van der Waals surface area contributed by atoms with E-state index in [0.717, 1.165) is 6.42 Å². The molecule has 1 heterocycles. The predicted octanol–water partition coefficient (Wildman–Crippen LogP) is 2.15. The zero-order valence-electron chi connectivity index (χ0n) is 7.96. The number of hydrogen-bond donors (Lipinski definition) is 0. The van der Waals surface area contributed by atoms with E-state index in [0.29, 0.717) is 6.61 Å². The summed E-state index contributed by atoms with van der Waals surface area (Å²) >= 11 is 0. The van der Waals surface area contributed by atoms with Gasteiger partial charge in [-0.15, -0.1) is 0 Å². The summed E-state index contributed by atoms with van der Waals surface area (Å²) in [7, 11) is 0. The third-order valence-electron chi connectivity index (χ3n) is 2.61. The summed E-state index contributed by atoms with van der Waals surface area (Å²) in [4.78, 5) is 11.4. The fourth-order valence-corrected chi connectivity index (χ4v) is 1.13. The lowest BCUT2D eigenvalue weighted by Gasteiger charge is -2.28. The SMILES string of the molecule is CC1/C=C\CCOC(=O)C1(C)C. The summed E-state index contributed by atoms with van der Waals surface area (Å²) in [5.74, 6) is 0.171. The Bertz CT molecular complexity index is 204. The molecule has 1 aliphatic rings. The van der Waals surface area contributed by atoms with Gasteiger partial charge in [-0.1, -0.05) is 19.1 Å². The third kappa shape index (κ3) is 1.68. The minimum absolute atomic E-state index is 0.0839. The maximum atomic E-state index is 11.4. The summed E-state index contributed by atoms with van der Waals surface area (Å²) in [6.07, 6.45) is 5.02. The summed E-state index contributed by atoms with van der Waals surface area (Å²) < 4.78 is 5.08. The Labute approximate surface area is 73.6 Å². The molecule has 0 saturated heterocycles. The van der Waals surface area contributed by atoms with Gasteiger partial charge in [-0.2, -0.15) is 0 Å². The third-order valence-corrected chi connectivity index (χ3v) is 2.61. The molecule has 0 saturated carbocycles. The number of ether oxygens (including phenoxy) is 1. The molecule has 12 heavy (non-hydrogen) atoms. The fourth-order valence-electron chi connectivity index (χ4n) is 1.13. The second kappa shape index (κ2) is 3.30. The van der Waals surface area contributed by atoms with Gasteiger partial charge in [0.25, 0.3) is 0 Å². The molecule has 68 valence electrons. The van der Waals surface area contributed by atoms with Gasteiger partial charge in [0, 0.05) is 0 Å². The van der Waals surface area contributed by atoms with Gasteiger partial charge in [0.15, 0.2) is 0 Å². The molecule has 0 spiro atoms. The van der Waals surface area contributed by atoms with Crippen LogP contribution >= 0.6 is 0 Å². The maximum Gasteiger partial charge on any atom is 0.312 e. The van der Waals surface area contributed by atoms with E-state index < -0.39 is 0 Å². The van der Waals surface area contributed by atoms with E-state index >= 15 is 0 Å². The molecular weight excluding hydrogens is 152 g/mol. The quantitative estimate of drug-likeness (QED) is 0.409. The highest BCUT2D eigenvalue weighted by atomic mass is 16.5. The van der Waals surface area contributed by atoms with Crippen molar-refractivity contribution in [3.05, 3.63) is 12.2 Å². The standard InChI is InChI=1S/C10H16O2/c1-8-6-4-5-7-12-9(11)10(8,2)3/h4,6,8H,5,7H2,1-3H3/b6-4-. The van der Waals surface area contributed by atoms with Crippen LogP contribution in [0.1, 0.15) is 27.2 Å². The Kier molecular flexibility index (Phi) is 2.55. The largest absolute Gasteiger partial charge is 0.465 e. The molecule has 0 radical (unpaired) electrons. The zero-order valence-corrected chi connectivity index (χ0v) is 7.96. The average Bonchev–Trinajstić information content (AvgIpc) is 2.01. The van der Waals surface area contributed by atoms with Crippen molar-refractivity contribution in [2.24, 2.45) is 11.3 Å². The number of esters is 1. The van der Waals surface area contributed by atoms with E-state index in [1.807, 2.05) is 20.8 Å². The Morgan fingerprint density at radius 2 is 2.25 bits per heavy atom. The van der Waals surface area contributed by atoms with Crippen molar-refractivity contribution < 1.29 is 9.53 Å². The van der Waals surface area contributed by atoms with Crippen LogP contribution in [-0.2, 0) is 9.53 Å². The van der Waals surface area contributed by atoms with Crippen molar-refractivity contribution in [1.29, 1.82) is 0 Å². The van der Waals surface area contributed by atoms with Gasteiger partial charge >= 0.3 is 5.97 Å². The summed E-state index contributed by atoms with van der Waals surface area (Å²) in [5.41, 5.74) is -0.378. The molecule has 0 aliphatic carbocycles. The van der Waals surface area contributed by atoms with Crippen molar-refractivity contribution in [3.8, 4) is 0 Å². The molecule has 1 rings (SSSR count). The van der Waals surface area contributed by atoms with Crippen LogP contribution in [0.3, 0.4) is 0 Å². The van der Waals surface area contributed by atoms with Crippen LogP contribution in [0.4, 0.5) is 0 Å². The Hall–Kier alpha value is -0.790. The molecule has 0 amide bonds. The predicted molar refractivity (Wildman–Crippen MR) is 47.7 cm³/mol. The highest BCUT2D eigenvalue weighted by Crippen LogP contribution is 2.30. The number of hydrogen-bond acceptors (Lipinski definition) is 2. The first-order valence-corrected chi connectivity index (χ1v) is 4.39. The number of carbonyl (C=O) groups excluding carboxylic acids is 1. The number of carbonyl (C=O) groups is 1. The van der Waals surface area contributed by atoms with Gasteiger partial charge in [0.05, 0.1) is 12.0 Å². The van der Waals surface area contributed by atoms with Crippen LogP contribution in [0.15, 0.2) is 12.2 Å². The number of allylic oxidation sites excluding steroid dienone is 1. The molecule has 1 aliphatic heterocycles. The normalized spacial score (nSPS) is 31.6. The zero-order chi connectivity index (χ0) is 9.19. The molecule has 2 heteroatoms. The fraction of sp³-hybridized carbons (Fsp3) is 0.700. The molecule has 1 unspecified atom stereocenters. The van der Waals surface area contributed by atoms with Gasteiger partial charge in [-0.25, -0.2) is 0 Å². The van der Waals surface area contributed by atoms with Crippen molar-refractivity contribution in [3.63, 3.8) is 0 Å². The highest BCUT2D eigenvalue weighted by molar-refractivity contribution is 5.76. The topological polar surface area (TPSA) is 26.3 Å². The van der Waals surface area contributed by atoms with E-state index in [9.17, 15) is 4.79 Å². The maximum absolute atomic E-state index is 11.4. The minimum atomic E-state index is -0.378. The Balaban J connectivity index is 2.84. The second-order valence-corrected chi connectivity index (χ2v) is 3.86. The summed E-state index contributed by atoms with van der Waals surface area (Å²) in [5, 5.41) is 0. The van der Waals surface area contributed by atoms with Crippen LogP contribution in [0, 0.1) is 11.3 Å². The van der Waals surface area contributed by atoms with Crippen molar-refractivity contribution in [2.45, 2.75) is 27.2 Å². The number of cyclic esters (lactones) is 1. The van der Waals surface area contributed by atoms with E-state index in [4.69, 9.17) is 4.74 Å². The van der Waals surface area contributed by atoms with Gasteiger partial charge in [-0.3, -0.25) is 4.79 Å². The van der Waals surface area contributed by atoms with Crippen LogP contribution < -0.4 is 0 Å². The smallest absolute Gasteiger partial charge is 0.312 e. The second-order valence-electron chi connectivity index (χ2n) is 3.86. The Morgan fingerprint density at radius 1 is 1.58 bits per heavy atom. The van der Waals surface area contributed by atoms with Gasteiger partial charge in [0.1, 0.15) is 0 Å². The molecule has 0 fully saturated rings. The molecule has 2 nitrogen and oxygen atoms in total. The molecule has 0 aromatic rings. The monoisotopic (exact) mass is 168 g/mol. The van der Waals surface area contributed by atoms with Gasteiger partial charge in [-0.05, 0) is 26.2 Å². The first-order valence-electron chi connectivity index (χ1n) is 4.39. The van der Waals surface area contributed by atoms with Crippen LogP contribution in [0.25, 0.3) is 0 Å². The lowest BCUT2D eigenvalue weighted by atomic mass is 9.79. The highest BCUT2D eigenvalue weighted by Gasteiger charge is 2.34. The first-order chi connectivity index (χ1) is 5.55. The van der Waals surface area contributed by atoms with Crippen LogP contribution in [0.5, 0.6) is 0 Å². The van der Waals surface area contributed by atoms with Crippen LogP contribution in [-0.4, -0.2) is 12.6 Å².